The van der Waals surface area contributed by atoms with Crippen molar-refractivity contribution in [1.29, 1.82) is 0 Å². The van der Waals surface area contributed by atoms with E-state index >= 15 is 0 Å². The van der Waals surface area contributed by atoms with Gasteiger partial charge in [-0.25, -0.2) is 14.7 Å². The molecule has 0 fully saturated rings. The zero-order valence-electron chi connectivity index (χ0n) is 11.7. The first kappa shape index (κ1) is 12.6. The first-order valence-corrected chi connectivity index (χ1v) is 7.01. The Labute approximate surface area is 126 Å². The number of nitrogens with zero attached hydrogens (tertiary/aromatic N) is 3. The lowest BCUT2D eigenvalue weighted by molar-refractivity contribution is 0.184. The van der Waals surface area contributed by atoms with Crippen molar-refractivity contribution in [2.24, 2.45) is 4.99 Å². The maximum absolute atomic E-state index is 9.33. The Balaban J connectivity index is 2.12. The lowest BCUT2D eigenvalue weighted by Crippen LogP contribution is -2.02. The van der Waals surface area contributed by atoms with Crippen molar-refractivity contribution >= 4 is 27.5 Å². The third-order valence-electron chi connectivity index (χ3n) is 3.60. The summed E-state index contributed by atoms with van der Waals surface area (Å²) in [7, 11) is 0. The van der Waals surface area contributed by atoms with Crippen LogP contribution in [0, 0.1) is 0 Å². The SMILES string of the molecule is On1ccc(=Nc2c3ccccc3nc3ccccc23)cc1. The second-order valence-corrected chi connectivity index (χ2v) is 5.04. The van der Waals surface area contributed by atoms with Crippen molar-refractivity contribution < 1.29 is 5.21 Å². The summed E-state index contributed by atoms with van der Waals surface area (Å²) in [5.74, 6) is 0. The van der Waals surface area contributed by atoms with Gasteiger partial charge in [-0.2, -0.15) is 0 Å². The molecule has 4 rings (SSSR count). The van der Waals surface area contributed by atoms with E-state index in [0.29, 0.717) is 0 Å². The first-order chi connectivity index (χ1) is 10.8. The summed E-state index contributed by atoms with van der Waals surface area (Å²) >= 11 is 0. The van der Waals surface area contributed by atoms with Gasteiger partial charge in [0.05, 0.1) is 22.1 Å². The third-order valence-corrected chi connectivity index (χ3v) is 3.60. The summed E-state index contributed by atoms with van der Waals surface area (Å²) in [6, 6.07) is 19.5. The number of benzene rings is 2. The van der Waals surface area contributed by atoms with Gasteiger partial charge in [-0.05, 0) is 24.3 Å². The molecular formula is C18H13N3O. The first-order valence-electron chi connectivity index (χ1n) is 7.01. The molecule has 4 heteroatoms. The van der Waals surface area contributed by atoms with Gasteiger partial charge in [-0.3, -0.25) is 0 Å². The number of rotatable bonds is 1. The van der Waals surface area contributed by atoms with Crippen LogP contribution in [0.1, 0.15) is 0 Å². The van der Waals surface area contributed by atoms with Crippen molar-refractivity contribution in [2.45, 2.75) is 0 Å². The van der Waals surface area contributed by atoms with Crippen LogP contribution in [0.4, 0.5) is 5.69 Å². The van der Waals surface area contributed by atoms with E-state index in [9.17, 15) is 5.21 Å². The molecule has 1 N–H and O–H groups in total. The third kappa shape index (κ3) is 2.11. The smallest absolute Gasteiger partial charge is 0.0824 e. The van der Waals surface area contributed by atoms with E-state index in [1.165, 1.54) is 0 Å². The van der Waals surface area contributed by atoms with Gasteiger partial charge in [0.2, 0.25) is 0 Å². The van der Waals surface area contributed by atoms with Crippen LogP contribution in [0.2, 0.25) is 0 Å². The minimum atomic E-state index is 0.784. The molecule has 0 aliphatic rings. The predicted molar refractivity (Wildman–Crippen MR) is 86.1 cm³/mol. The van der Waals surface area contributed by atoms with Crippen LogP contribution in [-0.4, -0.2) is 14.9 Å². The van der Waals surface area contributed by atoms with E-state index in [1.54, 1.807) is 24.5 Å². The van der Waals surface area contributed by atoms with Crippen molar-refractivity contribution in [3.8, 4) is 0 Å². The molecule has 106 valence electrons. The van der Waals surface area contributed by atoms with Gasteiger partial charge in [0, 0.05) is 23.2 Å². The van der Waals surface area contributed by atoms with Crippen molar-refractivity contribution in [1.82, 2.24) is 9.71 Å². The molecule has 0 spiro atoms. The Hall–Kier alpha value is -3.14. The van der Waals surface area contributed by atoms with Crippen molar-refractivity contribution in [2.75, 3.05) is 0 Å². The monoisotopic (exact) mass is 287 g/mol. The van der Waals surface area contributed by atoms with E-state index < -0.39 is 0 Å². The molecule has 4 nitrogen and oxygen atoms in total. The summed E-state index contributed by atoms with van der Waals surface area (Å²) in [6.07, 6.45) is 3.12. The van der Waals surface area contributed by atoms with E-state index in [-0.39, 0.29) is 0 Å². The average molecular weight is 287 g/mol. The Morgan fingerprint density at radius 1 is 0.773 bits per heavy atom. The predicted octanol–water partition coefficient (Wildman–Crippen LogP) is 3.66. The summed E-state index contributed by atoms with van der Waals surface area (Å²) in [5.41, 5.74) is 2.75. The minimum Gasteiger partial charge on any atom is -0.429 e. The fraction of sp³-hybridized carbons (Fsp3) is 0. The zero-order chi connectivity index (χ0) is 14.9. The van der Waals surface area contributed by atoms with Gasteiger partial charge in [-0.1, -0.05) is 36.4 Å². The summed E-state index contributed by atoms with van der Waals surface area (Å²) in [5, 5.41) is 12.1. The Morgan fingerprint density at radius 2 is 1.32 bits per heavy atom. The molecule has 2 heterocycles. The number of hydrogen-bond donors (Lipinski definition) is 1. The Kier molecular flexibility index (Phi) is 2.86. The van der Waals surface area contributed by atoms with Crippen LogP contribution in [0.3, 0.4) is 0 Å². The van der Waals surface area contributed by atoms with Gasteiger partial charge < -0.3 is 5.21 Å². The highest BCUT2D eigenvalue weighted by molar-refractivity contribution is 6.05. The van der Waals surface area contributed by atoms with Gasteiger partial charge >= 0.3 is 0 Å². The quantitative estimate of drug-likeness (QED) is 0.429. The summed E-state index contributed by atoms with van der Waals surface area (Å²) in [6.45, 7) is 0. The summed E-state index contributed by atoms with van der Waals surface area (Å²) < 4.78 is 1.00. The van der Waals surface area contributed by atoms with Gasteiger partial charge in [0.1, 0.15) is 0 Å². The van der Waals surface area contributed by atoms with Crippen LogP contribution >= 0.6 is 0 Å². The second-order valence-electron chi connectivity index (χ2n) is 5.04. The van der Waals surface area contributed by atoms with Crippen LogP contribution in [0.25, 0.3) is 21.8 Å². The highest BCUT2D eigenvalue weighted by Gasteiger charge is 2.07. The fourth-order valence-electron chi connectivity index (χ4n) is 2.55. The largest absolute Gasteiger partial charge is 0.429 e. The highest BCUT2D eigenvalue weighted by Crippen LogP contribution is 2.32. The summed E-state index contributed by atoms with van der Waals surface area (Å²) in [4.78, 5) is 9.46. The van der Waals surface area contributed by atoms with Crippen molar-refractivity contribution in [3.63, 3.8) is 0 Å². The van der Waals surface area contributed by atoms with Gasteiger partial charge in [-0.15, -0.1) is 0 Å². The molecule has 0 aliphatic carbocycles. The maximum Gasteiger partial charge on any atom is 0.0824 e. The molecule has 4 aromatic rings. The van der Waals surface area contributed by atoms with Crippen LogP contribution in [0.5, 0.6) is 0 Å². The molecule has 22 heavy (non-hydrogen) atoms. The Morgan fingerprint density at radius 3 is 1.91 bits per heavy atom. The van der Waals surface area contributed by atoms with Gasteiger partial charge in [0.15, 0.2) is 0 Å². The number of fused-ring (bicyclic) bond motifs is 2. The molecule has 0 atom stereocenters. The number of pyridine rings is 2. The topological polar surface area (TPSA) is 50.4 Å². The van der Waals surface area contributed by atoms with E-state index in [2.05, 4.69) is 4.98 Å². The molecule has 0 aliphatic heterocycles. The minimum absolute atomic E-state index is 0.784. The maximum atomic E-state index is 9.33. The average Bonchev–Trinajstić information content (AvgIpc) is 2.56. The van der Waals surface area contributed by atoms with E-state index in [0.717, 1.165) is 37.6 Å². The van der Waals surface area contributed by atoms with E-state index in [1.807, 2.05) is 48.5 Å². The van der Waals surface area contributed by atoms with E-state index in [4.69, 9.17) is 4.99 Å². The molecule has 0 saturated carbocycles. The van der Waals surface area contributed by atoms with Crippen LogP contribution in [-0.2, 0) is 0 Å². The number of hydrogen-bond acceptors (Lipinski definition) is 3. The standard InChI is InChI=1S/C18H13N3O/c22-21-11-9-13(10-12-21)19-18-14-5-1-3-7-16(14)20-17-8-4-2-6-15(17)18/h1-12,22H. The molecule has 0 amide bonds. The number of aromatic nitrogens is 2. The zero-order valence-corrected chi connectivity index (χ0v) is 11.7. The molecule has 2 aromatic heterocycles. The molecule has 0 saturated heterocycles. The van der Waals surface area contributed by atoms with Crippen LogP contribution < -0.4 is 5.36 Å². The molecule has 0 unspecified atom stereocenters. The Bertz CT molecular complexity index is 976. The lowest BCUT2D eigenvalue weighted by Gasteiger charge is -2.06. The lowest BCUT2D eigenvalue weighted by atomic mass is 10.1. The van der Waals surface area contributed by atoms with Gasteiger partial charge in [0.25, 0.3) is 0 Å². The second kappa shape index (κ2) is 5.00. The fourth-order valence-corrected chi connectivity index (χ4v) is 2.55. The molecular weight excluding hydrogens is 274 g/mol. The van der Waals surface area contributed by atoms with Crippen LogP contribution in [0.15, 0.2) is 78.0 Å². The number of para-hydroxylation sites is 2. The molecule has 2 aromatic carbocycles. The molecule has 0 radical (unpaired) electrons. The highest BCUT2D eigenvalue weighted by atomic mass is 16.5. The molecule has 0 bridgehead atoms. The van der Waals surface area contributed by atoms with Crippen molar-refractivity contribution in [3.05, 3.63) is 78.4 Å². The normalized spacial score (nSPS) is 10.9.